The van der Waals surface area contributed by atoms with Crippen LogP contribution in [-0.4, -0.2) is 35.4 Å². The van der Waals surface area contributed by atoms with Gasteiger partial charge in [0, 0.05) is 6.54 Å². The van der Waals surface area contributed by atoms with Crippen molar-refractivity contribution in [1.29, 1.82) is 0 Å². The Kier molecular flexibility index (Phi) is 6.54. The van der Waals surface area contributed by atoms with Gasteiger partial charge in [0.2, 0.25) is 0 Å². The van der Waals surface area contributed by atoms with Crippen molar-refractivity contribution in [3.05, 3.63) is 69.8 Å². The van der Waals surface area contributed by atoms with Crippen molar-refractivity contribution in [1.82, 2.24) is 4.90 Å². The molecule has 0 aliphatic carbocycles. The first kappa shape index (κ1) is 22.6. The van der Waals surface area contributed by atoms with Crippen LogP contribution in [0.3, 0.4) is 0 Å². The van der Waals surface area contributed by atoms with Crippen LogP contribution in [0.1, 0.15) is 67.0 Å². The zero-order valence-electron chi connectivity index (χ0n) is 19.2. The molecule has 1 saturated heterocycles. The lowest BCUT2D eigenvalue weighted by atomic mass is 9.92. The van der Waals surface area contributed by atoms with Crippen LogP contribution in [0, 0.1) is 13.8 Å². The molecule has 5 heteroatoms. The van der Waals surface area contributed by atoms with Gasteiger partial charge in [-0.3, -0.25) is 9.59 Å². The summed E-state index contributed by atoms with van der Waals surface area (Å²) >= 11 is 0. The highest BCUT2D eigenvalue weighted by atomic mass is 16.5. The number of aryl methyl sites for hydroxylation is 2. The highest BCUT2D eigenvalue weighted by molar-refractivity contribution is 6.46. The molecule has 0 radical (unpaired) electrons. The molecule has 0 bridgehead atoms. The van der Waals surface area contributed by atoms with Gasteiger partial charge in [0.15, 0.2) is 0 Å². The Hall–Kier alpha value is -3.08. The second-order valence-electron chi connectivity index (χ2n) is 8.48. The number of Topliss-reactive ketones (excluding diaryl/α,β-unsaturated/α-hetero) is 1. The topological polar surface area (TPSA) is 66.8 Å². The molecular weight excluding hydrogens is 390 g/mol. The maximum absolute atomic E-state index is 13.1. The lowest BCUT2D eigenvalue weighted by molar-refractivity contribution is -0.139. The van der Waals surface area contributed by atoms with Crippen molar-refractivity contribution in [2.24, 2.45) is 0 Å². The zero-order chi connectivity index (χ0) is 22.9. The number of ether oxygens (including phenoxy) is 1. The van der Waals surface area contributed by atoms with Crippen LogP contribution < -0.4 is 4.74 Å². The maximum atomic E-state index is 13.1. The molecule has 0 spiro atoms. The first-order valence-electron chi connectivity index (χ1n) is 10.7. The molecule has 1 amide bonds. The summed E-state index contributed by atoms with van der Waals surface area (Å²) in [5, 5.41) is 11.3. The molecule has 1 N–H and O–H groups in total. The van der Waals surface area contributed by atoms with E-state index in [0.29, 0.717) is 30.2 Å². The Morgan fingerprint density at radius 3 is 2.32 bits per heavy atom. The molecular formula is C26H31NO4. The SMILES string of the molecule is CCCN1C(=O)C(=O)/C(=C(/O)c2cc(C)cc(C)c2OC)C1c1ccc(C(C)C)cc1. The number of aliphatic hydroxyl groups excluding tert-OH is 1. The van der Waals surface area contributed by atoms with E-state index in [0.717, 1.165) is 16.7 Å². The van der Waals surface area contributed by atoms with Gasteiger partial charge in [0.05, 0.1) is 24.3 Å². The van der Waals surface area contributed by atoms with Crippen LogP contribution in [-0.2, 0) is 9.59 Å². The zero-order valence-corrected chi connectivity index (χ0v) is 19.2. The summed E-state index contributed by atoms with van der Waals surface area (Å²) < 4.78 is 5.53. The lowest BCUT2D eigenvalue weighted by Crippen LogP contribution is -2.30. The van der Waals surface area contributed by atoms with E-state index in [9.17, 15) is 14.7 Å². The largest absolute Gasteiger partial charge is 0.507 e. The second-order valence-corrected chi connectivity index (χ2v) is 8.48. The summed E-state index contributed by atoms with van der Waals surface area (Å²) in [6.45, 7) is 10.4. The summed E-state index contributed by atoms with van der Waals surface area (Å²) in [5.41, 5.74) is 4.30. The van der Waals surface area contributed by atoms with Crippen LogP contribution in [0.2, 0.25) is 0 Å². The van der Waals surface area contributed by atoms with Gasteiger partial charge in [0.25, 0.3) is 11.7 Å². The number of nitrogens with zero attached hydrogens (tertiary/aromatic N) is 1. The number of ketones is 1. The number of benzene rings is 2. The summed E-state index contributed by atoms with van der Waals surface area (Å²) in [5.74, 6) is -0.567. The van der Waals surface area contributed by atoms with E-state index >= 15 is 0 Å². The van der Waals surface area contributed by atoms with Crippen molar-refractivity contribution in [3.8, 4) is 5.75 Å². The van der Waals surface area contributed by atoms with Crippen LogP contribution in [0.15, 0.2) is 42.0 Å². The molecule has 2 aromatic rings. The molecule has 5 nitrogen and oxygen atoms in total. The Balaban J connectivity index is 2.25. The predicted molar refractivity (Wildman–Crippen MR) is 122 cm³/mol. The predicted octanol–water partition coefficient (Wildman–Crippen LogP) is 5.27. The third-order valence-electron chi connectivity index (χ3n) is 5.80. The standard InChI is InChI=1S/C26H31NO4/c1-7-12-27-22(19-10-8-18(9-11-19)15(2)3)21(24(29)26(27)30)23(28)20-14-16(4)13-17(5)25(20)31-6/h8-11,13-15,22,28H,7,12H2,1-6H3/b23-21+. The smallest absolute Gasteiger partial charge is 0.295 e. The molecule has 164 valence electrons. The normalized spacial score (nSPS) is 18.2. The van der Waals surface area contributed by atoms with Gasteiger partial charge < -0.3 is 14.7 Å². The summed E-state index contributed by atoms with van der Waals surface area (Å²) in [6, 6.07) is 11.0. The minimum absolute atomic E-state index is 0.110. The van der Waals surface area contributed by atoms with Gasteiger partial charge >= 0.3 is 0 Å². The minimum Gasteiger partial charge on any atom is -0.507 e. The Labute approximate surface area is 184 Å². The summed E-state index contributed by atoms with van der Waals surface area (Å²) in [7, 11) is 1.53. The summed E-state index contributed by atoms with van der Waals surface area (Å²) in [6.07, 6.45) is 0.709. The maximum Gasteiger partial charge on any atom is 0.295 e. The number of carbonyl (C=O) groups excluding carboxylic acids is 2. The van der Waals surface area contributed by atoms with E-state index in [1.807, 2.05) is 51.1 Å². The molecule has 1 aliphatic rings. The van der Waals surface area contributed by atoms with Gasteiger partial charge in [-0.2, -0.15) is 0 Å². The van der Waals surface area contributed by atoms with E-state index in [-0.39, 0.29) is 11.3 Å². The van der Waals surface area contributed by atoms with E-state index in [4.69, 9.17) is 4.74 Å². The van der Waals surface area contributed by atoms with Crippen LogP contribution in [0.5, 0.6) is 5.75 Å². The Morgan fingerprint density at radius 2 is 1.77 bits per heavy atom. The third-order valence-corrected chi connectivity index (χ3v) is 5.80. The van der Waals surface area contributed by atoms with Gasteiger partial charge in [-0.05, 0) is 54.5 Å². The molecule has 3 rings (SSSR count). The van der Waals surface area contributed by atoms with Gasteiger partial charge in [-0.25, -0.2) is 0 Å². The number of methoxy groups -OCH3 is 1. The number of likely N-dealkylation sites (tertiary alicyclic amines) is 1. The van der Waals surface area contributed by atoms with Crippen LogP contribution in [0.25, 0.3) is 5.76 Å². The molecule has 0 aromatic heterocycles. The molecule has 1 atom stereocenters. The van der Waals surface area contributed by atoms with Crippen molar-refractivity contribution < 1.29 is 19.4 Å². The number of rotatable bonds is 6. The fourth-order valence-electron chi connectivity index (χ4n) is 4.31. The number of carbonyl (C=O) groups is 2. The molecule has 2 aromatic carbocycles. The third kappa shape index (κ3) is 4.09. The van der Waals surface area contributed by atoms with E-state index in [2.05, 4.69) is 13.8 Å². The molecule has 0 saturated carbocycles. The van der Waals surface area contributed by atoms with E-state index in [1.54, 1.807) is 11.0 Å². The van der Waals surface area contributed by atoms with Crippen molar-refractivity contribution in [2.75, 3.05) is 13.7 Å². The van der Waals surface area contributed by atoms with E-state index < -0.39 is 17.7 Å². The number of hydrogen-bond donors (Lipinski definition) is 1. The molecule has 1 fully saturated rings. The van der Waals surface area contributed by atoms with Gasteiger partial charge in [-0.1, -0.05) is 51.1 Å². The van der Waals surface area contributed by atoms with Crippen LogP contribution >= 0.6 is 0 Å². The quantitative estimate of drug-likeness (QED) is 0.392. The monoisotopic (exact) mass is 421 g/mol. The second kappa shape index (κ2) is 8.96. The van der Waals surface area contributed by atoms with Crippen molar-refractivity contribution >= 4 is 17.4 Å². The molecule has 31 heavy (non-hydrogen) atoms. The number of hydrogen-bond acceptors (Lipinski definition) is 4. The number of aliphatic hydroxyl groups is 1. The fourth-order valence-corrected chi connectivity index (χ4v) is 4.31. The van der Waals surface area contributed by atoms with Crippen molar-refractivity contribution in [2.45, 2.75) is 53.0 Å². The van der Waals surface area contributed by atoms with Gasteiger partial charge in [-0.15, -0.1) is 0 Å². The first-order valence-corrected chi connectivity index (χ1v) is 10.7. The Bertz CT molecular complexity index is 1030. The molecule has 1 heterocycles. The van der Waals surface area contributed by atoms with Gasteiger partial charge in [0.1, 0.15) is 11.5 Å². The average molecular weight is 422 g/mol. The van der Waals surface area contributed by atoms with Crippen LogP contribution in [0.4, 0.5) is 0 Å². The summed E-state index contributed by atoms with van der Waals surface area (Å²) in [4.78, 5) is 27.5. The fraction of sp³-hybridized carbons (Fsp3) is 0.385. The highest BCUT2D eigenvalue weighted by Gasteiger charge is 2.46. The lowest BCUT2D eigenvalue weighted by Gasteiger charge is -2.25. The Morgan fingerprint density at radius 1 is 1.13 bits per heavy atom. The molecule has 1 aliphatic heterocycles. The minimum atomic E-state index is -0.662. The first-order chi connectivity index (χ1) is 14.7. The van der Waals surface area contributed by atoms with E-state index in [1.165, 1.54) is 12.7 Å². The highest BCUT2D eigenvalue weighted by Crippen LogP contribution is 2.42. The van der Waals surface area contributed by atoms with Crippen molar-refractivity contribution in [3.63, 3.8) is 0 Å². The molecule has 1 unspecified atom stereocenters. The number of amides is 1. The average Bonchev–Trinajstić information content (AvgIpc) is 2.98.